The minimum Gasteiger partial charge on any atom is -0.459 e. The Morgan fingerprint density at radius 1 is 0.895 bits per heavy atom. The second kappa shape index (κ2) is 12.3. The summed E-state index contributed by atoms with van der Waals surface area (Å²) in [4.78, 5) is 43.5. The van der Waals surface area contributed by atoms with Gasteiger partial charge < -0.3 is 30.3 Å². The Balaban J connectivity index is 1.41. The van der Waals surface area contributed by atoms with Gasteiger partial charge in [-0.2, -0.15) is 0 Å². The first-order valence-electron chi connectivity index (χ1n) is 13.6. The lowest BCUT2D eigenvalue weighted by atomic mass is 10.0. The molecule has 2 amide bonds. The van der Waals surface area contributed by atoms with E-state index in [4.69, 9.17) is 15.2 Å². The van der Waals surface area contributed by atoms with E-state index in [1.54, 1.807) is 32.9 Å². The molecule has 2 fully saturated rings. The molecular formula is C28H45N5O5. The predicted octanol–water partition coefficient (Wildman–Crippen LogP) is 2.61. The zero-order valence-corrected chi connectivity index (χ0v) is 23.8. The minimum absolute atomic E-state index is 0.00809. The van der Waals surface area contributed by atoms with Crippen LogP contribution in [0.25, 0.3) is 0 Å². The second-order valence-electron chi connectivity index (χ2n) is 12.1. The first-order chi connectivity index (χ1) is 17.7. The molecular weight excluding hydrogens is 486 g/mol. The van der Waals surface area contributed by atoms with Crippen molar-refractivity contribution in [1.82, 2.24) is 15.1 Å². The largest absolute Gasteiger partial charge is 0.459 e. The van der Waals surface area contributed by atoms with Gasteiger partial charge in [-0.15, -0.1) is 0 Å². The Morgan fingerprint density at radius 2 is 1.45 bits per heavy atom. The van der Waals surface area contributed by atoms with Crippen LogP contribution < -0.4 is 16.0 Å². The van der Waals surface area contributed by atoms with Crippen LogP contribution in [0.4, 0.5) is 10.5 Å². The highest BCUT2D eigenvalue weighted by Gasteiger charge is 2.31. The van der Waals surface area contributed by atoms with Crippen molar-refractivity contribution in [2.45, 2.75) is 77.7 Å². The van der Waals surface area contributed by atoms with E-state index >= 15 is 0 Å². The van der Waals surface area contributed by atoms with Crippen LogP contribution in [0.2, 0.25) is 0 Å². The SMILES string of the molecule is CC(C)(C)OC(=O)[C@@H](N)CNC(=O)c1ccc(N2CCN(C3CCN(C(=O)OC(C)(C)C)CC3)CC2)cc1. The maximum atomic E-state index is 12.5. The zero-order valence-electron chi connectivity index (χ0n) is 23.8. The van der Waals surface area contributed by atoms with Gasteiger partial charge in [-0.3, -0.25) is 14.5 Å². The molecule has 0 spiro atoms. The van der Waals surface area contributed by atoms with Gasteiger partial charge >= 0.3 is 12.1 Å². The third-order valence-electron chi connectivity index (χ3n) is 6.63. The van der Waals surface area contributed by atoms with Crippen molar-refractivity contribution in [3.63, 3.8) is 0 Å². The predicted molar refractivity (Wildman–Crippen MR) is 147 cm³/mol. The molecule has 3 N–H and O–H groups in total. The smallest absolute Gasteiger partial charge is 0.410 e. The molecule has 0 aromatic heterocycles. The van der Waals surface area contributed by atoms with Crippen LogP contribution in [-0.4, -0.2) is 96.9 Å². The van der Waals surface area contributed by atoms with Crippen molar-refractivity contribution >= 4 is 23.7 Å². The highest BCUT2D eigenvalue weighted by molar-refractivity contribution is 5.94. The number of carbonyl (C=O) groups excluding carboxylic acids is 3. The number of piperazine rings is 1. The summed E-state index contributed by atoms with van der Waals surface area (Å²) in [6, 6.07) is 7.06. The molecule has 212 valence electrons. The average Bonchev–Trinajstić information content (AvgIpc) is 2.85. The lowest BCUT2D eigenvalue weighted by molar-refractivity contribution is -0.156. The Labute approximate surface area is 226 Å². The fourth-order valence-electron chi connectivity index (χ4n) is 4.67. The lowest BCUT2D eigenvalue weighted by Crippen LogP contribution is -2.54. The van der Waals surface area contributed by atoms with E-state index in [1.165, 1.54) is 0 Å². The van der Waals surface area contributed by atoms with Crippen molar-refractivity contribution in [3.05, 3.63) is 29.8 Å². The molecule has 0 unspecified atom stereocenters. The summed E-state index contributed by atoms with van der Waals surface area (Å²) in [6.45, 7) is 16.2. The van der Waals surface area contributed by atoms with Crippen molar-refractivity contribution in [2.75, 3.05) is 50.7 Å². The number of amides is 2. The van der Waals surface area contributed by atoms with Crippen LogP contribution in [0.15, 0.2) is 24.3 Å². The Bertz CT molecular complexity index is 953. The lowest BCUT2D eigenvalue weighted by Gasteiger charge is -2.43. The molecule has 2 heterocycles. The molecule has 0 radical (unpaired) electrons. The standard InChI is InChI=1S/C28H45N5O5/c1-27(2,3)37-25(35)23(29)19-30-24(34)20-7-9-21(10-8-20)31-15-17-32(18-16-31)22-11-13-33(14-12-22)26(36)38-28(4,5)6/h7-10,22-23H,11-19,29H2,1-6H3,(H,30,34)/t23-/m0/s1. The van der Waals surface area contributed by atoms with Crippen molar-refractivity contribution in [2.24, 2.45) is 5.73 Å². The van der Waals surface area contributed by atoms with Gasteiger partial charge in [0, 0.05) is 63.1 Å². The van der Waals surface area contributed by atoms with E-state index in [9.17, 15) is 14.4 Å². The van der Waals surface area contributed by atoms with E-state index in [0.717, 1.165) is 57.8 Å². The number of likely N-dealkylation sites (tertiary alicyclic amines) is 1. The normalized spacial score (nSPS) is 18.6. The van der Waals surface area contributed by atoms with Gasteiger partial charge in [-0.1, -0.05) is 0 Å². The Morgan fingerprint density at radius 3 is 1.97 bits per heavy atom. The van der Waals surface area contributed by atoms with Crippen LogP contribution in [0.1, 0.15) is 64.7 Å². The third kappa shape index (κ3) is 8.87. The van der Waals surface area contributed by atoms with Gasteiger partial charge in [0.25, 0.3) is 5.91 Å². The molecule has 1 aromatic carbocycles. The maximum Gasteiger partial charge on any atom is 0.410 e. The number of hydrogen-bond acceptors (Lipinski definition) is 8. The highest BCUT2D eigenvalue weighted by Crippen LogP contribution is 2.23. The number of nitrogens with two attached hydrogens (primary N) is 1. The fraction of sp³-hybridized carbons (Fsp3) is 0.679. The van der Waals surface area contributed by atoms with E-state index in [0.29, 0.717) is 11.6 Å². The highest BCUT2D eigenvalue weighted by atomic mass is 16.6. The van der Waals surface area contributed by atoms with Gasteiger partial charge in [-0.05, 0) is 78.6 Å². The summed E-state index contributed by atoms with van der Waals surface area (Å²) in [7, 11) is 0. The molecule has 0 aliphatic carbocycles. The van der Waals surface area contributed by atoms with Crippen LogP contribution in [0, 0.1) is 0 Å². The van der Waals surface area contributed by atoms with E-state index in [1.807, 2.05) is 37.8 Å². The molecule has 1 aromatic rings. The van der Waals surface area contributed by atoms with Crippen molar-refractivity contribution in [3.8, 4) is 0 Å². The molecule has 2 aliphatic rings. The van der Waals surface area contributed by atoms with E-state index < -0.39 is 23.2 Å². The molecule has 10 nitrogen and oxygen atoms in total. The van der Waals surface area contributed by atoms with Gasteiger partial charge in [0.1, 0.15) is 17.2 Å². The van der Waals surface area contributed by atoms with Crippen molar-refractivity contribution < 1.29 is 23.9 Å². The molecule has 2 saturated heterocycles. The first-order valence-corrected chi connectivity index (χ1v) is 13.6. The molecule has 1 atom stereocenters. The number of nitrogens with one attached hydrogen (secondary N) is 1. The summed E-state index contributed by atoms with van der Waals surface area (Å²) in [5, 5.41) is 2.71. The maximum absolute atomic E-state index is 12.5. The summed E-state index contributed by atoms with van der Waals surface area (Å²) < 4.78 is 10.8. The molecule has 38 heavy (non-hydrogen) atoms. The summed E-state index contributed by atoms with van der Waals surface area (Å²) in [6.07, 6.45) is 1.70. The number of hydrogen-bond donors (Lipinski definition) is 2. The monoisotopic (exact) mass is 531 g/mol. The van der Waals surface area contributed by atoms with Crippen LogP contribution in [0.5, 0.6) is 0 Å². The number of esters is 1. The minimum atomic E-state index is -0.918. The summed E-state index contributed by atoms with van der Waals surface area (Å²) in [5.74, 6) is -0.820. The van der Waals surface area contributed by atoms with Crippen LogP contribution >= 0.6 is 0 Å². The van der Waals surface area contributed by atoms with Gasteiger partial charge in [0.2, 0.25) is 0 Å². The van der Waals surface area contributed by atoms with Crippen LogP contribution in [0.3, 0.4) is 0 Å². The van der Waals surface area contributed by atoms with Crippen molar-refractivity contribution in [1.29, 1.82) is 0 Å². The van der Waals surface area contributed by atoms with E-state index in [-0.39, 0.29) is 18.5 Å². The number of nitrogens with zero attached hydrogens (tertiary/aromatic N) is 3. The number of benzene rings is 1. The van der Waals surface area contributed by atoms with Gasteiger partial charge in [0.15, 0.2) is 0 Å². The van der Waals surface area contributed by atoms with E-state index in [2.05, 4.69) is 15.1 Å². The number of piperidine rings is 1. The topological polar surface area (TPSA) is 117 Å². The summed E-state index contributed by atoms with van der Waals surface area (Å²) in [5.41, 5.74) is 6.35. The molecule has 0 bridgehead atoms. The quantitative estimate of drug-likeness (QED) is 0.538. The second-order valence-corrected chi connectivity index (χ2v) is 12.1. The number of carbonyl (C=O) groups is 3. The number of ether oxygens (including phenoxy) is 2. The van der Waals surface area contributed by atoms with Gasteiger partial charge in [-0.25, -0.2) is 4.79 Å². The fourth-order valence-corrected chi connectivity index (χ4v) is 4.67. The first kappa shape index (κ1) is 29.7. The Kier molecular flexibility index (Phi) is 9.64. The Hall–Kier alpha value is -2.85. The van der Waals surface area contributed by atoms with Crippen LogP contribution in [-0.2, 0) is 14.3 Å². The van der Waals surface area contributed by atoms with Gasteiger partial charge in [0.05, 0.1) is 0 Å². The number of anilines is 1. The molecule has 10 heteroatoms. The average molecular weight is 532 g/mol. The molecule has 2 aliphatic heterocycles. The third-order valence-corrected chi connectivity index (χ3v) is 6.63. The summed E-state index contributed by atoms with van der Waals surface area (Å²) >= 11 is 0. The molecule has 0 saturated carbocycles. The molecule has 3 rings (SSSR count). The zero-order chi connectivity index (χ0) is 28.1. The number of rotatable bonds is 6.